The van der Waals surface area contributed by atoms with Gasteiger partial charge in [0.2, 0.25) is 0 Å². The fourth-order valence-electron chi connectivity index (χ4n) is 3.65. The van der Waals surface area contributed by atoms with Gasteiger partial charge in [-0.15, -0.1) is 0 Å². The Morgan fingerprint density at radius 3 is 2.46 bits per heavy atom. The minimum Gasteiger partial charge on any atom is -0.350 e. The molecule has 0 atom stereocenters. The molecule has 1 fully saturated rings. The maximum Gasteiger partial charge on any atom is 0.158 e. The Labute approximate surface area is 150 Å². The lowest BCUT2D eigenvalue weighted by molar-refractivity contribution is 0.0398. The molecule has 2 nitrogen and oxygen atoms in total. The largest absolute Gasteiger partial charge is 0.350 e. The summed E-state index contributed by atoms with van der Waals surface area (Å²) in [5.74, 6) is -0.174. The summed E-state index contributed by atoms with van der Waals surface area (Å²) in [4.78, 5) is 7.24. The zero-order valence-electron chi connectivity index (χ0n) is 15.4. The molecule has 0 unspecified atom stereocenters. The smallest absolute Gasteiger partial charge is 0.158 e. The first-order valence-corrected chi connectivity index (χ1v) is 10.4. The van der Waals surface area contributed by atoms with Crippen molar-refractivity contribution in [1.29, 1.82) is 0 Å². The number of thioether (sulfide) groups is 1. The van der Waals surface area contributed by atoms with E-state index in [2.05, 4.69) is 25.0 Å². The van der Waals surface area contributed by atoms with Crippen LogP contribution in [0.25, 0.3) is 0 Å². The lowest BCUT2D eigenvalue weighted by Gasteiger charge is -2.52. The van der Waals surface area contributed by atoms with Gasteiger partial charge >= 0.3 is 0 Å². The van der Waals surface area contributed by atoms with Gasteiger partial charge in [0.1, 0.15) is 5.82 Å². The lowest BCUT2D eigenvalue weighted by atomic mass is 9.72. The molecule has 0 radical (unpaired) electrons. The quantitative estimate of drug-likeness (QED) is 0.462. The molecular formula is C20H31FN2S. The van der Waals surface area contributed by atoms with E-state index in [4.69, 9.17) is 4.99 Å². The summed E-state index contributed by atoms with van der Waals surface area (Å²) in [7, 11) is 0. The molecule has 4 heteroatoms. The summed E-state index contributed by atoms with van der Waals surface area (Å²) >= 11 is 1.75. The minimum absolute atomic E-state index is 0.174. The van der Waals surface area contributed by atoms with Gasteiger partial charge in [-0.05, 0) is 43.2 Å². The van der Waals surface area contributed by atoms with E-state index in [-0.39, 0.29) is 5.82 Å². The Balaban J connectivity index is 1.86. The summed E-state index contributed by atoms with van der Waals surface area (Å²) < 4.78 is 12.9. The van der Waals surface area contributed by atoms with E-state index in [1.807, 2.05) is 12.1 Å². The van der Waals surface area contributed by atoms with Crippen molar-refractivity contribution >= 4 is 16.9 Å². The molecule has 1 aromatic carbocycles. The van der Waals surface area contributed by atoms with Crippen LogP contribution in [0.1, 0.15) is 51.5 Å². The van der Waals surface area contributed by atoms with E-state index < -0.39 is 0 Å². The normalized spacial score (nSPS) is 17.0. The number of halogens is 1. The lowest BCUT2D eigenvalue weighted by Crippen LogP contribution is -2.57. The number of likely N-dealkylation sites (tertiary alicyclic amines) is 1. The molecule has 1 aromatic rings. The third kappa shape index (κ3) is 5.23. The number of aliphatic imine (C=N–C) groups is 1. The zero-order chi connectivity index (χ0) is 17.4. The van der Waals surface area contributed by atoms with E-state index in [1.165, 1.54) is 49.4 Å². The van der Waals surface area contributed by atoms with Crippen molar-refractivity contribution in [2.75, 3.05) is 25.9 Å². The number of benzene rings is 1. The van der Waals surface area contributed by atoms with Gasteiger partial charge in [0.05, 0.1) is 0 Å². The van der Waals surface area contributed by atoms with Gasteiger partial charge in [0.15, 0.2) is 5.17 Å². The van der Waals surface area contributed by atoms with Gasteiger partial charge in [-0.2, -0.15) is 0 Å². The Kier molecular flexibility index (Phi) is 7.60. The summed E-state index contributed by atoms with van der Waals surface area (Å²) in [6, 6.07) is 6.75. The fraction of sp³-hybridized carbons (Fsp3) is 0.650. The van der Waals surface area contributed by atoms with Crippen LogP contribution in [-0.4, -0.2) is 36.0 Å². The molecule has 1 aliphatic rings. The van der Waals surface area contributed by atoms with Crippen LogP contribution >= 0.6 is 11.8 Å². The van der Waals surface area contributed by atoms with Crippen LogP contribution in [0.15, 0.2) is 29.3 Å². The van der Waals surface area contributed by atoms with Gasteiger partial charge < -0.3 is 4.90 Å². The Morgan fingerprint density at radius 2 is 1.88 bits per heavy atom. The van der Waals surface area contributed by atoms with Crippen LogP contribution in [0.3, 0.4) is 0 Å². The van der Waals surface area contributed by atoms with Crippen LogP contribution in [0.4, 0.5) is 4.39 Å². The average molecular weight is 351 g/mol. The highest BCUT2D eigenvalue weighted by Crippen LogP contribution is 2.41. The molecular weight excluding hydrogens is 319 g/mol. The summed E-state index contributed by atoms with van der Waals surface area (Å²) in [5.41, 5.74) is 1.67. The molecule has 2 rings (SSSR count). The molecule has 0 N–H and O–H groups in total. The standard InChI is InChI=1S/C20H31FN2S/c1-4-6-13-20(12-5-2)15-23(16-20)19(24-3)22-14-11-17-7-9-18(21)10-8-17/h7-10H,4-6,11-16H2,1-3H3. The van der Waals surface area contributed by atoms with Crippen LogP contribution in [0.5, 0.6) is 0 Å². The highest BCUT2D eigenvalue weighted by atomic mass is 32.2. The first-order chi connectivity index (χ1) is 11.6. The predicted molar refractivity (Wildman–Crippen MR) is 104 cm³/mol. The molecule has 1 aliphatic heterocycles. The van der Waals surface area contributed by atoms with Crippen LogP contribution in [-0.2, 0) is 6.42 Å². The van der Waals surface area contributed by atoms with E-state index in [0.717, 1.165) is 31.6 Å². The third-order valence-electron chi connectivity index (χ3n) is 4.91. The maximum atomic E-state index is 12.9. The van der Waals surface area contributed by atoms with Gasteiger partial charge in [-0.3, -0.25) is 4.99 Å². The summed E-state index contributed by atoms with van der Waals surface area (Å²) in [6.07, 6.45) is 9.56. The molecule has 0 bridgehead atoms. The van der Waals surface area contributed by atoms with Gasteiger partial charge in [-0.1, -0.05) is 57.0 Å². The summed E-state index contributed by atoms with van der Waals surface area (Å²) in [5, 5.41) is 1.17. The Bertz CT molecular complexity index is 521. The monoisotopic (exact) mass is 350 g/mol. The predicted octanol–water partition coefficient (Wildman–Crippen LogP) is 5.38. The highest BCUT2D eigenvalue weighted by molar-refractivity contribution is 8.13. The molecule has 1 saturated heterocycles. The number of unbranched alkanes of at least 4 members (excludes halogenated alkanes) is 1. The average Bonchev–Trinajstić information content (AvgIpc) is 2.56. The number of amidine groups is 1. The zero-order valence-corrected chi connectivity index (χ0v) is 16.2. The second-order valence-electron chi connectivity index (χ2n) is 6.95. The van der Waals surface area contributed by atoms with Crippen LogP contribution < -0.4 is 0 Å². The first kappa shape index (κ1) is 19.3. The van der Waals surface area contributed by atoms with Crippen molar-refractivity contribution in [3.05, 3.63) is 35.6 Å². The molecule has 134 valence electrons. The SMILES string of the molecule is CCCCC1(CCC)CN(C(=NCCc2ccc(F)cc2)SC)C1. The molecule has 0 aliphatic carbocycles. The van der Waals surface area contributed by atoms with Gasteiger partial charge in [0.25, 0.3) is 0 Å². The van der Waals surface area contributed by atoms with Crippen molar-refractivity contribution in [2.24, 2.45) is 10.4 Å². The highest BCUT2D eigenvalue weighted by Gasteiger charge is 2.42. The summed E-state index contributed by atoms with van der Waals surface area (Å²) in [6.45, 7) is 7.67. The van der Waals surface area contributed by atoms with E-state index >= 15 is 0 Å². The van der Waals surface area contributed by atoms with Crippen LogP contribution in [0, 0.1) is 11.2 Å². The van der Waals surface area contributed by atoms with Gasteiger partial charge in [-0.25, -0.2) is 4.39 Å². The number of hydrogen-bond donors (Lipinski definition) is 0. The van der Waals surface area contributed by atoms with Gasteiger partial charge in [0, 0.05) is 25.0 Å². The number of nitrogens with zero attached hydrogens (tertiary/aromatic N) is 2. The molecule has 1 heterocycles. The second-order valence-corrected chi connectivity index (χ2v) is 7.73. The van der Waals surface area contributed by atoms with E-state index in [1.54, 1.807) is 11.8 Å². The second kappa shape index (κ2) is 9.45. The minimum atomic E-state index is -0.174. The first-order valence-electron chi connectivity index (χ1n) is 9.20. The van der Waals surface area contributed by atoms with E-state index in [9.17, 15) is 4.39 Å². The molecule has 0 aromatic heterocycles. The van der Waals surface area contributed by atoms with Crippen molar-refractivity contribution in [1.82, 2.24) is 4.90 Å². The number of hydrogen-bond acceptors (Lipinski definition) is 2. The Hall–Kier alpha value is -1.03. The molecule has 0 amide bonds. The number of rotatable bonds is 8. The molecule has 24 heavy (non-hydrogen) atoms. The van der Waals surface area contributed by atoms with Crippen molar-refractivity contribution in [3.8, 4) is 0 Å². The van der Waals surface area contributed by atoms with E-state index in [0.29, 0.717) is 5.41 Å². The topological polar surface area (TPSA) is 15.6 Å². The van der Waals surface area contributed by atoms with Crippen LogP contribution in [0.2, 0.25) is 0 Å². The van der Waals surface area contributed by atoms with Crippen molar-refractivity contribution in [2.45, 2.75) is 52.4 Å². The Morgan fingerprint density at radius 1 is 1.17 bits per heavy atom. The fourth-order valence-corrected chi connectivity index (χ4v) is 4.26. The maximum absolute atomic E-state index is 12.9. The molecule has 0 saturated carbocycles. The third-order valence-corrected chi connectivity index (χ3v) is 5.66. The van der Waals surface area contributed by atoms with Crippen molar-refractivity contribution in [3.63, 3.8) is 0 Å². The van der Waals surface area contributed by atoms with Crippen molar-refractivity contribution < 1.29 is 4.39 Å². The molecule has 0 spiro atoms.